The minimum Gasteiger partial charge on any atom is -0.469 e. The van der Waals surface area contributed by atoms with Crippen LogP contribution in [0.2, 0.25) is 0 Å². The molecule has 0 aliphatic rings. The molecule has 0 atom stereocenters. The smallest absolute Gasteiger partial charge is 0.313 e. The average Bonchev–Trinajstić information content (AvgIpc) is 2.51. The number of methoxy groups -OCH3 is 1. The lowest BCUT2D eigenvalue weighted by molar-refractivity contribution is -0.139. The molecule has 1 heterocycles. The van der Waals surface area contributed by atoms with Crippen LogP contribution in [0.5, 0.6) is 0 Å². The monoisotopic (exact) mass is 199 g/mol. The number of nitrogens with zero attached hydrogens (tertiary/aromatic N) is 1. The van der Waals surface area contributed by atoms with Gasteiger partial charge in [-0.05, 0) is 6.92 Å². The Balaban J connectivity index is 2.64. The molecule has 0 spiro atoms. The molecule has 0 aliphatic carbocycles. The molecule has 0 saturated heterocycles. The van der Waals surface area contributed by atoms with Crippen molar-refractivity contribution in [2.75, 3.05) is 7.11 Å². The highest BCUT2D eigenvalue weighted by Gasteiger charge is 2.13. The summed E-state index contributed by atoms with van der Waals surface area (Å²) in [6.07, 6.45) is 1.27. The highest BCUT2D eigenvalue weighted by Crippen LogP contribution is 2.13. The summed E-state index contributed by atoms with van der Waals surface area (Å²) >= 11 is 1.28. The number of hydrogen-bond donors (Lipinski definition) is 0. The highest BCUT2D eigenvalue weighted by molar-refractivity contribution is 7.13. The highest BCUT2D eigenvalue weighted by atomic mass is 32.1. The van der Waals surface area contributed by atoms with Gasteiger partial charge < -0.3 is 4.74 Å². The Labute approximate surface area is 79.6 Å². The second-order valence-electron chi connectivity index (χ2n) is 2.42. The van der Waals surface area contributed by atoms with E-state index in [0.29, 0.717) is 4.88 Å². The van der Waals surface area contributed by atoms with Crippen LogP contribution in [-0.2, 0) is 9.53 Å². The number of Topliss-reactive ketones (excluding diaryl/α,β-unsaturated/α-hetero) is 1. The number of thiazole rings is 1. The molecule has 0 N–H and O–H groups in total. The van der Waals surface area contributed by atoms with Crippen LogP contribution in [0.15, 0.2) is 6.20 Å². The molecule has 5 heteroatoms. The Bertz CT molecular complexity index is 332. The number of hydrogen-bond acceptors (Lipinski definition) is 5. The van der Waals surface area contributed by atoms with E-state index in [1.165, 1.54) is 24.6 Å². The third kappa shape index (κ3) is 2.62. The summed E-state index contributed by atoms with van der Waals surface area (Å²) in [5.74, 6) is -0.756. The average molecular weight is 199 g/mol. The van der Waals surface area contributed by atoms with Crippen LogP contribution in [0.25, 0.3) is 0 Å². The second kappa shape index (κ2) is 4.13. The van der Waals surface area contributed by atoms with Crippen molar-refractivity contribution in [3.05, 3.63) is 16.1 Å². The molecule has 1 aromatic rings. The SMILES string of the molecule is COC(=O)CC(=O)c1cnc(C)s1. The van der Waals surface area contributed by atoms with Crippen LogP contribution in [0.4, 0.5) is 0 Å². The van der Waals surface area contributed by atoms with Gasteiger partial charge in [0.05, 0.1) is 17.0 Å². The van der Waals surface area contributed by atoms with Crippen molar-refractivity contribution in [1.29, 1.82) is 0 Å². The molecule has 0 bridgehead atoms. The van der Waals surface area contributed by atoms with E-state index in [0.717, 1.165) is 5.01 Å². The fourth-order valence-corrected chi connectivity index (χ4v) is 1.50. The van der Waals surface area contributed by atoms with E-state index in [1.807, 2.05) is 0 Å². The quantitative estimate of drug-likeness (QED) is 0.417. The maximum Gasteiger partial charge on any atom is 0.313 e. The zero-order valence-corrected chi connectivity index (χ0v) is 8.18. The van der Waals surface area contributed by atoms with Gasteiger partial charge in [-0.25, -0.2) is 4.98 Å². The van der Waals surface area contributed by atoms with Crippen LogP contribution in [-0.4, -0.2) is 23.8 Å². The number of carbonyl (C=O) groups excluding carboxylic acids is 2. The summed E-state index contributed by atoms with van der Waals surface area (Å²) in [6.45, 7) is 1.81. The zero-order chi connectivity index (χ0) is 9.84. The Hall–Kier alpha value is -1.23. The first-order valence-electron chi connectivity index (χ1n) is 3.66. The van der Waals surface area contributed by atoms with Gasteiger partial charge in [0, 0.05) is 6.20 Å². The van der Waals surface area contributed by atoms with Crippen molar-refractivity contribution in [1.82, 2.24) is 4.98 Å². The Morgan fingerprint density at radius 2 is 2.31 bits per heavy atom. The van der Waals surface area contributed by atoms with E-state index in [1.54, 1.807) is 6.92 Å². The number of carbonyl (C=O) groups is 2. The molecule has 0 fully saturated rings. The fourth-order valence-electron chi connectivity index (χ4n) is 0.781. The molecule has 0 radical (unpaired) electrons. The molecule has 0 aromatic carbocycles. The second-order valence-corrected chi connectivity index (χ2v) is 3.65. The molecule has 0 unspecified atom stereocenters. The third-order valence-electron chi connectivity index (χ3n) is 1.43. The molecule has 0 amide bonds. The predicted octanol–water partition coefficient (Wildman–Crippen LogP) is 1.20. The van der Waals surface area contributed by atoms with Gasteiger partial charge in [0.15, 0.2) is 5.78 Å². The molecule has 0 aliphatic heterocycles. The first-order valence-corrected chi connectivity index (χ1v) is 4.47. The zero-order valence-electron chi connectivity index (χ0n) is 7.36. The van der Waals surface area contributed by atoms with Gasteiger partial charge in [-0.3, -0.25) is 9.59 Å². The van der Waals surface area contributed by atoms with Crippen molar-refractivity contribution in [3.8, 4) is 0 Å². The Morgan fingerprint density at radius 1 is 1.62 bits per heavy atom. The first kappa shape index (κ1) is 9.85. The van der Waals surface area contributed by atoms with Crippen LogP contribution in [0.1, 0.15) is 21.1 Å². The van der Waals surface area contributed by atoms with Crippen LogP contribution < -0.4 is 0 Å². The molecule has 0 saturated carbocycles. The fraction of sp³-hybridized carbons (Fsp3) is 0.375. The summed E-state index contributed by atoms with van der Waals surface area (Å²) in [4.78, 5) is 26.5. The van der Waals surface area contributed by atoms with Gasteiger partial charge in [0.2, 0.25) is 0 Å². The minimum absolute atomic E-state index is 0.210. The van der Waals surface area contributed by atoms with E-state index < -0.39 is 5.97 Å². The number of aryl methyl sites for hydroxylation is 1. The summed E-state index contributed by atoms with van der Waals surface area (Å²) in [6, 6.07) is 0. The number of rotatable bonds is 3. The number of ketones is 1. The lowest BCUT2D eigenvalue weighted by Gasteiger charge is -1.94. The lowest BCUT2D eigenvalue weighted by Crippen LogP contribution is -2.08. The van der Waals surface area contributed by atoms with Gasteiger partial charge in [0.25, 0.3) is 0 Å². The lowest BCUT2D eigenvalue weighted by atomic mass is 10.2. The van der Waals surface area contributed by atoms with Crippen LogP contribution in [0.3, 0.4) is 0 Å². The molecular formula is C8H9NO3S. The van der Waals surface area contributed by atoms with Gasteiger partial charge in [-0.2, -0.15) is 0 Å². The summed E-state index contributed by atoms with van der Waals surface area (Å²) < 4.78 is 4.37. The van der Waals surface area contributed by atoms with Crippen LogP contribution >= 0.6 is 11.3 Å². The van der Waals surface area contributed by atoms with E-state index in [9.17, 15) is 9.59 Å². The van der Waals surface area contributed by atoms with Gasteiger partial charge in [-0.1, -0.05) is 0 Å². The first-order chi connectivity index (χ1) is 6.13. The van der Waals surface area contributed by atoms with Crippen molar-refractivity contribution in [2.24, 2.45) is 0 Å². The maximum absolute atomic E-state index is 11.3. The molecule has 1 rings (SSSR count). The minimum atomic E-state index is -0.518. The number of ether oxygens (including phenoxy) is 1. The van der Waals surface area contributed by atoms with Gasteiger partial charge in [-0.15, -0.1) is 11.3 Å². The molecule has 1 aromatic heterocycles. The molecule has 70 valence electrons. The molecular weight excluding hydrogens is 190 g/mol. The van der Waals surface area contributed by atoms with Crippen molar-refractivity contribution in [3.63, 3.8) is 0 Å². The Morgan fingerprint density at radius 3 is 2.77 bits per heavy atom. The predicted molar refractivity (Wildman–Crippen MR) is 47.8 cm³/mol. The normalized spacial score (nSPS) is 9.69. The van der Waals surface area contributed by atoms with E-state index in [4.69, 9.17) is 0 Å². The number of esters is 1. The Kier molecular flexibility index (Phi) is 3.13. The third-order valence-corrected chi connectivity index (χ3v) is 2.38. The van der Waals surface area contributed by atoms with E-state index >= 15 is 0 Å². The summed E-state index contributed by atoms with van der Waals surface area (Å²) in [5, 5.41) is 0.813. The maximum atomic E-state index is 11.3. The van der Waals surface area contributed by atoms with E-state index in [2.05, 4.69) is 9.72 Å². The van der Waals surface area contributed by atoms with Crippen LogP contribution in [0, 0.1) is 6.92 Å². The van der Waals surface area contributed by atoms with E-state index in [-0.39, 0.29) is 12.2 Å². The summed E-state index contributed by atoms with van der Waals surface area (Å²) in [5.41, 5.74) is 0. The largest absolute Gasteiger partial charge is 0.469 e. The van der Waals surface area contributed by atoms with Crippen molar-refractivity contribution < 1.29 is 14.3 Å². The van der Waals surface area contributed by atoms with Gasteiger partial charge in [0.1, 0.15) is 6.42 Å². The number of aromatic nitrogens is 1. The summed E-state index contributed by atoms with van der Waals surface area (Å²) in [7, 11) is 1.26. The van der Waals surface area contributed by atoms with Crippen molar-refractivity contribution in [2.45, 2.75) is 13.3 Å². The standard InChI is InChI=1S/C8H9NO3S/c1-5-9-4-7(13-5)6(10)3-8(11)12-2/h4H,3H2,1-2H3. The molecule has 4 nitrogen and oxygen atoms in total. The topological polar surface area (TPSA) is 56.3 Å². The van der Waals surface area contributed by atoms with Crippen molar-refractivity contribution >= 4 is 23.1 Å². The van der Waals surface area contributed by atoms with Gasteiger partial charge >= 0.3 is 5.97 Å². The molecule has 13 heavy (non-hydrogen) atoms.